The van der Waals surface area contributed by atoms with Gasteiger partial charge in [-0.1, -0.05) is 0 Å². The van der Waals surface area contributed by atoms with E-state index in [4.69, 9.17) is 5.11 Å². The molecule has 0 saturated carbocycles. The van der Waals surface area contributed by atoms with Gasteiger partial charge in [0.05, 0.1) is 12.6 Å². The molecular formula is C13H24N4O4. The second-order valence-corrected chi connectivity index (χ2v) is 5.13. The standard InChI is InChI=1S/C13H24N4O4/c1-10(18)11(14-2)3-4-15-13(21)17-7-5-16(6-8-17)9-12(19)20/h11,14H,3-9H2,1-2H3,(H,15,21)(H,19,20)/t11-/m0/s1. The summed E-state index contributed by atoms with van der Waals surface area (Å²) in [5.41, 5.74) is 0. The molecule has 8 heteroatoms. The Morgan fingerprint density at radius 2 is 1.81 bits per heavy atom. The summed E-state index contributed by atoms with van der Waals surface area (Å²) in [5, 5.41) is 14.4. The van der Waals surface area contributed by atoms with E-state index in [2.05, 4.69) is 10.6 Å². The number of urea groups is 1. The molecule has 0 aromatic rings. The average Bonchev–Trinajstić information content (AvgIpc) is 2.43. The molecule has 0 radical (unpaired) electrons. The second-order valence-electron chi connectivity index (χ2n) is 5.13. The summed E-state index contributed by atoms with van der Waals surface area (Å²) in [6, 6.07) is -0.402. The summed E-state index contributed by atoms with van der Waals surface area (Å²) < 4.78 is 0. The van der Waals surface area contributed by atoms with Crippen LogP contribution in [-0.4, -0.2) is 85.0 Å². The van der Waals surface area contributed by atoms with E-state index in [0.29, 0.717) is 39.1 Å². The zero-order valence-electron chi connectivity index (χ0n) is 12.6. The van der Waals surface area contributed by atoms with Crippen molar-refractivity contribution in [3.05, 3.63) is 0 Å². The fourth-order valence-corrected chi connectivity index (χ4v) is 2.29. The number of hydrogen-bond donors (Lipinski definition) is 3. The van der Waals surface area contributed by atoms with Crippen LogP contribution in [0.5, 0.6) is 0 Å². The molecule has 0 bridgehead atoms. The van der Waals surface area contributed by atoms with E-state index in [9.17, 15) is 14.4 Å². The number of piperazine rings is 1. The number of aliphatic carboxylic acids is 1. The Balaban J connectivity index is 2.25. The zero-order valence-corrected chi connectivity index (χ0v) is 12.6. The van der Waals surface area contributed by atoms with Gasteiger partial charge in [0.2, 0.25) is 0 Å². The Morgan fingerprint density at radius 1 is 1.19 bits per heavy atom. The molecule has 1 aliphatic rings. The SMILES string of the molecule is CN[C@@H](CCNC(=O)N1CCN(CC(=O)O)CC1)C(C)=O. The molecule has 1 rings (SSSR count). The molecule has 21 heavy (non-hydrogen) atoms. The highest BCUT2D eigenvalue weighted by Crippen LogP contribution is 2.02. The number of likely N-dealkylation sites (N-methyl/N-ethyl adjacent to an activating group) is 1. The molecule has 120 valence electrons. The zero-order chi connectivity index (χ0) is 15.8. The first kappa shape index (κ1) is 17.4. The Hall–Kier alpha value is -1.67. The van der Waals surface area contributed by atoms with Gasteiger partial charge in [-0.3, -0.25) is 14.5 Å². The molecule has 0 aromatic carbocycles. The van der Waals surface area contributed by atoms with Gasteiger partial charge in [0.25, 0.3) is 0 Å². The van der Waals surface area contributed by atoms with E-state index >= 15 is 0 Å². The highest BCUT2D eigenvalue weighted by Gasteiger charge is 2.22. The monoisotopic (exact) mass is 300 g/mol. The van der Waals surface area contributed by atoms with E-state index in [1.165, 1.54) is 6.92 Å². The number of amides is 2. The van der Waals surface area contributed by atoms with Gasteiger partial charge in [0, 0.05) is 32.7 Å². The molecule has 8 nitrogen and oxygen atoms in total. The van der Waals surface area contributed by atoms with Gasteiger partial charge >= 0.3 is 12.0 Å². The van der Waals surface area contributed by atoms with Gasteiger partial charge < -0.3 is 20.6 Å². The number of nitrogens with zero attached hydrogens (tertiary/aromatic N) is 2. The summed E-state index contributed by atoms with van der Waals surface area (Å²) >= 11 is 0. The van der Waals surface area contributed by atoms with Crippen LogP contribution >= 0.6 is 0 Å². The van der Waals surface area contributed by atoms with Crippen molar-refractivity contribution in [2.75, 3.05) is 46.3 Å². The van der Waals surface area contributed by atoms with Crippen molar-refractivity contribution in [3.8, 4) is 0 Å². The first-order chi connectivity index (χ1) is 9.93. The summed E-state index contributed by atoms with van der Waals surface area (Å²) in [7, 11) is 1.72. The minimum Gasteiger partial charge on any atom is -0.480 e. The average molecular weight is 300 g/mol. The maximum Gasteiger partial charge on any atom is 0.317 e. The minimum absolute atomic E-state index is 0.0118. The molecule has 3 N–H and O–H groups in total. The third-order valence-electron chi connectivity index (χ3n) is 3.57. The minimum atomic E-state index is -0.852. The normalized spacial score (nSPS) is 17.3. The largest absolute Gasteiger partial charge is 0.480 e. The van der Waals surface area contributed by atoms with Crippen LogP contribution in [0.3, 0.4) is 0 Å². The van der Waals surface area contributed by atoms with Gasteiger partial charge in [0.15, 0.2) is 0 Å². The third-order valence-corrected chi connectivity index (χ3v) is 3.57. The molecule has 0 unspecified atom stereocenters. The van der Waals surface area contributed by atoms with Crippen molar-refractivity contribution >= 4 is 17.8 Å². The summed E-state index contributed by atoms with van der Waals surface area (Å²) in [6.07, 6.45) is 0.552. The van der Waals surface area contributed by atoms with E-state index in [0.717, 1.165) is 0 Å². The van der Waals surface area contributed by atoms with Crippen molar-refractivity contribution in [3.63, 3.8) is 0 Å². The maximum absolute atomic E-state index is 11.9. The molecule has 0 spiro atoms. The maximum atomic E-state index is 11.9. The highest BCUT2D eigenvalue weighted by atomic mass is 16.4. The molecule has 0 aromatic heterocycles. The first-order valence-electron chi connectivity index (χ1n) is 7.08. The van der Waals surface area contributed by atoms with Crippen LogP contribution in [0.4, 0.5) is 4.79 Å². The molecule has 1 fully saturated rings. The van der Waals surface area contributed by atoms with Crippen molar-refractivity contribution < 1.29 is 19.5 Å². The number of carboxylic acids is 1. The van der Waals surface area contributed by atoms with Gasteiger partial charge in [-0.25, -0.2) is 4.79 Å². The van der Waals surface area contributed by atoms with E-state index < -0.39 is 5.97 Å². The molecule has 1 saturated heterocycles. The Labute approximate surface area is 124 Å². The summed E-state index contributed by atoms with van der Waals surface area (Å²) in [4.78, 5) is 37.3. The van der Waals surface area contributed by atoms with E-state index in [-0.39, 0.29) is 24.4 Å². The van der Waals surface area contributed by atoms with Crippen LogP contribution in [0.15, 0.2) is 0 Å². The van der Waals surface area contributed by atoms with Crippen molar-refractivity contribution in [2.45, 2.75) is 19.4 Å². The quantitative estimate of drug-likeness (QED) is 0.555. The number of carboxylic acid groups (broad SMARTS) is 1. The number of ketones is 1. The smallest absolute Gasteiger partial charge is 0.317 e. The predicted molar refractivity (Wildman–Crippen MR) is 77.2 cm³/mol. The Kier molecular flexibility index (Phi) is 7.10. The van der Waals surface area contributed by atoms with Crippen molar-refractivity contribution in [1.82, 2.24) is 20.4 Å². The molecule has 1 atom stereocenters. The molecule has 2 amide bonds. The van der Waals surface area contributed by atoms with Gasteiger partial charge in [-0.2, -0.15) is 0 Å². The number of carbonyl (C=O) groups excluding carboxylic acids is 2. The number of rotatable bonds is 7. The number of hydrogen-bond acceptors (Lipinski definition) is 5. The lowest BCUT2D eigenvalue weighted by atomic mass is 10.1. The second kappa shape index (κ2) is 8.58. The van der Waals surface area contributed by atoms with Crippen LogP contribution in [0.2, 0.25) is 0 Å². The molecule has 0 aliphatic carbocycles. The highest BCUT2D eigenvalue weighted by molar-refractivity contribution is 5.81. The molecule has 1 aliphatic heterocycles. The fourth-order valence-electron chi connectivity index (χ4n) is 2.29. The topological polar surface area (TPSA) is 102 Å². The third kappa shape index (κ3) is 6.09. The van der Waals surface area contributed by atoms with E-state index in [1.807, 2.05) is 0 Å². The summed E-state index contributed by atoms with van der Waals surface area (Å²) in [6.45, 7) is 4.11. The van der Waals surface area contributed by atoms with Crippen molar-refractivity contribution in [1.29, 1.82) is 0 Å². The van der Waals surface area contributed by atoms with Crippen LogP contribution in [0, 0.1) is 0 Å². The lowest BCUT2D eigenvalue weighted by Crippen LogP contribution is -2.53. The van der Waals surface area contributed by atoms with Gasteiger partial charge in [-0.15, -0.1) is 0 Å². The van der Waals surface area contributed by atoms with Gasteiger partial charge in [-0.05, 0) is 20.4 Å². The fraction of sp³-hybridized carbons (Fsp3) is 0.769. The lowest BCUT2D eigenvalue weighted by Gasteiger charge is -2.33. The van der Waals surface area contributed by atoms with Crippen LogP contribution in [0.25, 0.3) is 0 Å². The number of nitrogens with one attached hydrogen (secondary N) is 2. The number of carbonyl (C=O) groups is 3. The molecular weight excluding hydrogens is 276 g/mol. The lowest BCUT2D eigenvalue weighted by molar-refractivity contribution is -0.138. The van der Waals surface area contributed by atoms with Gasteiger partial charge in [0.1, 0.15) is 5.78 Å². The Bertz CT molecular complexity index is 380. The number of Topliss-reactive ketones (excluding diaryl/α,β-unsaturated/α-hetero) is 1. The first-order valence-corrected chi connectivity index (χ1v) is 7.08. The van der Waals surface area contributed by atoms with Crippen molar-refractivity contribution in [2.24, 2.45) is 0 Å². The van der Waals surface area contributed by atoms with Crippen LogP contribution in [-0.2, 0) is 9.59 Å². The van der Waals surface area contributed by atoms with Crippen LogP contribution < -0.4 is 10.6 Å². The predicted octanol–water partition coefficient (Wildman–Crippen LogP) is -1.03. The van der Waals surface area contributed by atoms with E-state index in [1.54, 1.807) is 16.8 Å². The Morgan fingerprint density at radius 3 is 2.29 bits per heavy atom. The van der Waals surface area contributed by atoms with Crippen LogP contribution in [0.1, 0.15) is 13.3 Å². The summed E-state index contributed by atoms with van der Waals surface area (Å²) in [5.74, 6) is -0.802. The molecule has 1 heterocycles.